The van der Waals surface area contributed by atoms with Crippen molar-refractivity contribution in [3.05, 3.63) is 17.7 Å². The van der Waals surface area contributed by atoms with E-state index in [0.717, 1.165) is 24.2 Å². The number of ether oxygens (including phenoxy) is 1. The van der Waals surface area contributed by atoms with E-state index < -0.39 is 0 Å². The summed E-state index contributed by atoms with van der Waals surface area (Å²) in [6, 6.07) is -0.173. The molecule has 1 aromatic heterocycles. The molecule has 3 rings (SSSR count). The maximum absolute atomic E-state index is 12.7. The summed E-state index contributed by atoms with van der Waals surface area (Å²) in [4.78, 5) is 22.3. The maximum atomic E-state index is 12.7. The normalized spacial score (nSPS) is 23.3. The summed E-state index contributed by atoms with van der Waals surface area (Å²) in [7, 11) is 3.50. The predicted octanol–water partition coefficient (Wildman–Crippen LogP) is 1.19. The Bertz CT molecular complexity index is 522. The first-order valence-corrected chi connectivity index (χ1v) is 8.20. The lowest BCUT2D eigenvalue weighted by molar-refractivity contribution is -0.133. The van der Waals surface area contributed by atoms with Crippen LogP contribution < -0.4 is 5.32 Å². The van der Waals surface area contributed by atoms with E-state index in [-0.39, 0.29) is 17.5 Å². The summed E-state index contributed by atoms with van der Waals surface area (Å²) in [5.41, 5.74) is 2.14. The molecule has 0 unspecified atom stereocenters. The highest BCUT2D eigenvalue weighted by Gasteiger charge is 2.44. The summed E-state index contributed by atoms with van der Waals surface area (Å²) in [5, 5.41) is 3.65. The SMILES string of the molecule is COCCN(C)C(=O)[C@@H]1Cc2[nH]cnc2C2(CCCCC2)N1. The fraction of sp³-hybridized carbons (Fsp3) is 0.750. The van der Waals surface area contributed by atoms with Crippen molar-refractivity contribution >= 4 is 5.91 Å². The van der Waals surface area contributed by atoms with Gasteiger partial charge in [-0.2, -0.15) is 0 Å². The molecule has 1 aromatic rings. The number of aromatic nitrogens is 2. The second-order valence-electron chi connectivity index (χ2n) is 6.53. The van der Waals surface area contributed by atoms with Crippen LogP contribution in [0.5, 0.6) is 0 Å². The van der Waals surface area contributed by atoms with Gasteiger partial charge in [-0.05, 0) is 12.8 Å². The summed E-state index contributed by atoms with van der Waals surface area (Å²) < 4.78 is 5.07. The monoisotopic (exact) mass is 306 g/mol. The van der Waals surface area contributed by atoms with Crippen molar-refractivity contribution in [3.63, 3.8) is 0 Å². The van der Waals surface area contributed by atoms with Gasteiger partial charge in [-0.25, -0.2) is 4.98 Å². The topological polar surface area (TPSA) is 70.2 Å². The smallest absolute Gasteiger partial charge is 0.239 e. The van der Waals surface area contributed by atoms with Gasteiger partial charge in [0, 0.05) is 32.8 Å². The highest BCUT2D eigenvalue weighted by molar-refractivity contribution is 5.82. The number of nitrogens with zero attached hydrogens (tertiary/aromatic N) is 2. The van der Waals surface area contributed by atoms with Crippen LogP contribution in [-0.4, -0.2) is 54.1 Å². The van der Waals surface area contributed by atoms with Crippen LogP contribution in [0.2, 0.25) is 0 Å². The first-order valence-electron chi connectivity index (χ1n) is 8.20. The number of hydrogen-bond acceptors (Lipinski definition) is 4. The maximum Gasteiger partial charge on any atom is 0.239 e. The van der Waals surface area contributed by atoms with Crippen molar-refractivity contribution in [2.45, 2.75) is 50.1 Å². The quantitative estimate of drug-likeness (QED) is 0.876. The minimum atomic E-state index is -0.173. The average molecular weight is 306 g/mol. The number of carbonyl (C=O) groups excluding carboxylic acids is 1. The zero-order chi connectivity index (χ0) is 15.6. The molecule has 6 nitrogen and oxygen atoms in total. The molecule has 22 heavy (non-hydrogen) atoms. The van der Waals surface area contributed by atoms with Gasteiger partial charge in [0.1, 0.15) is 0 Å². The van der Waals surface area contributed by atoms with Crippen LogP contribution in [0, 0.1) is 0 Å². The van der Waals surface area contributed by atoms with Crippen LogP contribution in [0.15, 0.2) is 6.33 Å². The molecule has 1 aliphatic carbocycles. The molecular weight excluding hydrogens is 280 g/mol. The number of methoxy groups -OCH3 is 1. The number of carbonyl (C=O) groups is 1. The molecule has 0 radical (unpaired) electrons. The molecule has 1 saturated carbocycles. The number of aromatic amines is 1. The lowest BCUT2D eigenvalue weighted by Crippen LogP contribution is -2.59. The van der Waals surface area contributed by atoms with Gasteiger partial charge in [-0.3, -0.25) is 10.1 Å². The van der Waals surface area contributed by atoms with Crippen LogP contribution in [0.1, 0.15) is 43.5 Å². The van der Waals surface area contributed by atoms with Crippen molar-refractivity contribution in [3.8, 4) is 0 Å². The summed E-state index contributed by atoms with van der Waals surface area (Å²) >= 11 is 0. The first kappa shape index (κ1) is 15.5. The van der Waals surface area contributed by atoms with E-state index in [1.54, 1.807) is 18.3 Å². The third-order valence-corrected chi connectivity index (χ3v) is 5.04. The van der Waals surface area contributed by atoms with E-state index in [2.05, 4.69) is 15.3 Å². The van der Waals surface area contributed by atoms with Gasteiger partial charge >= 0.3 is 0 Å². The zero-order valence-electron chi connectivity index (χ0n) is 13.5. The van der Waals surface area contributed by atoms with Gasteiger partial charge in [-0.15, -0.1) is 0 Å². The van der Waals surface area contributed by atoms with Crippen LogP contribution in [0.4, 0.5) is 0 Å². The number of fused-ring (bicyclic) bond motifs is 2. The molecule has 1 atom stereocenters. The Balaban J connectivity index is 1.79. The van der Waals surface area contributed by atoms with Crippen molar-refractivity contribution < 1.29 is 9.53 Å². The van der Waals surface area contributed by atoms with Gasteiger partial charge in [-0.1, -0.05) is 19.3 Å². The van der Waals surface area contributed by atoms with Gasteiger partial charge in [0.05, 0.1) is 30.2 Å². The molecule has 1 amide bonds. The number of likely N-dealkylation sites (N-methyl/N-ethyl adjacent to an activating group) is 1. The van der Waals surface area contributed by atoms with Gasteiger partial charge < -0.3 is 14.6 Å². The fourth-order valence-electron chi connectivity index (χ4n) is 3.84. The second-order valence-corrected chi connectivity index (χ2v) is 6.53. The number of imidazole rings is 1. The Morgan fingerprint density at radius 1 is 1.45 bits per heavy atom. The Morgan fingerprint density at radius 3 is 2.95 bits per heavy atom. The van der Waals surface area contributed by atoms with E-state index in [9.17, 15) is 4.79 Å². The number of nitrogens with one attached hydrogen (secondary N) is 2. The van der Waals surface area contributed by atoms with Crippen LogP contribution >= 0.6 is 0 Å². The molecule has 1 aliphatic heterocycles. The number of H-pyrrole nitrogens is 1. The van der Waals surface area contributed by atoms with Crippen LogP contribution in [-0.2, 0) is 21.5 Å². The molecule has 0 saturated heterocycles. The van der Waals surface area contributed by atoms with Gasteiger partial charge in [0.2, 0.25) is 5.91 Å². The van der Waals surface area contributed by atoms with Crippen molar-refractivity contribution in [2.24, 2.45) is 0 Å². The molecule has 6 heteroatoms. The van der Waals surface area contributed by atoms with Gasteiger partial charge in [0.15, 0.2) is 0 Å². The molecule has 1 spiro atoms. The first-order chi connectivity index (χ1) is 10.7. The van der Waals surface area contributed by atoms with E-state index in [1.165, 1.54) is 19.3 Å². The highest BCUT2D eigenvalue weighted by Crippen LogP contribution is 2.40. The number of amides is 1. The fourth-order valence-corrected chi connectivity index (χ4v) is 3.84. The van der Waals surface area contributed by atoms with E-state index in [1.807, 2.05) is 7.05 Å². The molecule has 2 N–H and O–H groups in total. The van der Waals surface area contributed by atoms with Crippen LogP contribution in [0.3, 0.4) is 0 Å². The molecule has 122 valence electrons. The molecule has 2 aliphatic rings. The minimum absolute atomic E-state index is 0.117. The largest absolute Gasteiger partial charge is 0.383 e. The summed E-state index contributed by atoms with van der Waals surface area (Å²) in [5.74, 6) is 0.141. The highest BCUT2D eigenvalue weighted by atomic mass is 16.5. The third kappa shape index (κ3) is 2.77. The number of hydrogen-bond donors (Lipinski definition) is 2. The Hall–Kier alpha value is -1.40. The lowest BCUT2D eigenvalue weighted by atomic mass is 9.75. The minimum Gasteiger partial charge on any atom is -0.383 e. The van der Waals surface area contributed by atoms with Crippen molar-refractivity contribution in [1.82, 2.24) is 20.2 Å². The number of rotatable bonds is 4. The van der Waals surface area contributed by atoms with Crippen molar-refractivity contribution in [2.75, 3.05) is 27.3 Å². The second kappa shape index (κ2) is 6.38. The van der Waals surface area contributed by atoms with E-state index >= 15 is 0 Å². The molecule has 2 heterocycles. The molecule has 0 bridgehead atoms. The Morgan fingerprint density at radius 2 is 2.23 bits per heavy atom. The standard InChI is InChI=1S/C16H26N4O2/c1-20(8-9-22-2)15(21)13-10-12-14(18-11-17-12)16(19-13)6-4-3-5-7-16/h11,13,19H,3-10H2,1-2H3,(H,17,18)/t13-/m0/s1. The van der Waals surface area contributed by atoms with Gasteiger partial charge in [0.25, 0.3) is 0 Å². The third-order valence-electron chi connectivity index (χ3n) is 5.04. The average Bonchev–Trinajstić information content (AvgIpc) is 3.02. The Kier molecular flexibility index (Phi) is 4.49. The molecule has 1 fully saturated rings. The molecule has 0 aromatic carbocycles. The predicted molar refractivity (Wildman–Crippen MR) is 83.5 cm³/mol. The lowest BCUT2D eigenvalue weighted by Gasteiger charge is -2.44. The molecular formula is C16H26N4O2. The summed E-state index contributed by atoms with van der Waals surface area (Å²) in [6.45, 7) is 1.19. The van der Waals surface area contributed by atoms with Crippen molar-refractivity contribution in [1.29, 1.82) is 0 Å². The van der Waals surface area contributed by atoms with E-state index in [0.29, 0.717) is 19.6 Å². The zero-order valence-corrected chi connectivity index (χ0v) is 13.5. The van der Waals surface area contributed by atoms with E-state index in [4.69, 9.17) is 4.74 Å². The summed E-state index contributed by atoms with van der Waals surface area (Å²) in [6.07, 6.45) is 8.25. The van der Waals surface area contributed by atoms with Crippen LogP contribution in [0.25, 0.3) is 0 Å². The Labute approximate surface area is 131 Å².